The van der Waals surface area contributed by atoms with Crippen molar-refractivity contribution in [2.24, 2.45) is 5.92 Å². The van der Waals surface area contributed by atoms with E-state index in [-0.39, 0.29) is 11.9 Å². The van der Waals surface area contributed by atoms with Gasteiger partial charge in [0.05, 0.1) is 6.04 Å². The SMILES string of the molecule is CNCCC1CCN(C(C)C(=O)Nc2ccccc2-c2ccccc2)CC1. The zero-order valence-electron chi connectivity index (χ0n) is 16.4. The van der Waals surface area contributed by atoms with E-state index in [1.54, 1.807) is 0 Å². The zero-order chi connectivity index (χ0) is 19.1. The minimum absolute atomic E-state index is 0.0760. The van der Waals surface area contributed by atoms with Crippen LogP contribution in [0.3, 0.4) is 0 Å². The first kappa shape index (κ1) is 19.6. The second-order valence-corrected chi connectivity index (χ2v) is 7.45. The molecular weight excluding hydrogens is 334 g/mol. The number of piperidine rings is 1. The second kappa shape index (κ2) is 9.67. The number of hydrogen-bond donors (Lipinski definition) is 2. The highest BCUT2D eigenvalue weighted by molar-refractivity contribution is 5.98. The molecule has 1 aliphatic rings. The third-order valence-corrected chi connectivity index (χ3v) is 5.65. The summed E-state index contributed by atoms with van der Waals surface area (Å²) in [6.07, 6.45) is 3.59. The molecule has 144 valence electrons. The van der Waals surface area contributed by atoms with Crippen LogP contribution < -0.4 is 10.6 Å². The van der Waals surface area contributed by atoms with Crippen LogP contribution in [0.25, 0.3) is 11.1 Å². The fraction of sp³-hybridized carbons (Fsp3) is 0.435. The topological polar surface area (TPSA) is 44.4 Å². The molecule has 3 rings (SSSR count). The van der Waals surface area contributed by atoms with Gasteiger partial charge in [-0.3, -0.25) is 9.69 Å². The lowest BCUT2D eigenvalue weighted by Gasteiger charge is -2.35. The lowest BCUT2D eigenvalue weighted by atomic mass is 9.92. The number of amides is 1. The first-order valence-electron chi connectivity index (χ1n) is 10.0. The Labute approximate surface area is 163 Å². The van der Waals surface area contributed by atoms with Gasteiger partial charge in [-0.25, -0.2) is 0 Å². The number of likely N-dealkylation sites (tertiary alicyclic amines) is 1. The van der Waals surface area contributed by atoms with Crippen LogP contribution in [-0.4, -0.2) is 43.5 Å². The second-order valence-electron chi connectivity index (χ2n) is 7.45. The standard InChI is InChI=1S/C23H31N3O/c1-18(26-16-13-19(14-17-26)12-15-24-2)23(27)25-22-11-7-6-10-21(22)20-8-4-3-5-9-20/h3-11,18-19,24H,12-17H2,1-2H3,(H,25,27). The summed E-state index contributed by atoms with van der Waals surface area (Å²) in [7, 11) is 2.01. The lowest BCUT2D eigenvalue weighted by molar-refractivity contribution is -0.121. The maximum absolute atomic E-state index is 12.9. The molecule has 0 saturated carbocycles. The minimum Gasteiger partial charge on any atom is -0.324 e. The number of carbonyl (C=O) groups is 1. The van der Waals surface area contributed by atoms with E-state index in [9.17, 15) is 4.79 Å². The quantitative estimate of drug-likeness (QED) is 0.779. The van der Waals surface area contributed by atoms with Crippen LogP contribution in [0.4, 0.5) is 5.69 Å². The maximum atomic E-state index is 12.9. The number of para-hydroxylation sites is 1. The predicted molar refractivity (Wildman–Crippen MR) is 113 cm³/mol. The molecule has 0 radical (unpaired) electrons. The summed E-state index contributed by atoms with van der Waals surface area (Å²) < 4.78 is 0. The Balaban J connectivity index is 1.61. The molecular formula is C23H31N3O. The van der Waals surface area contributed by atoms with Gasteiger partial charge in [-0.15, -0.1) is 0 Å². The molecule has 1 aliphatic heterocycles. The number of rotatable bonds is 7. The van der Waals surface area contributed by atoms with E-state index in [1.807, 2.05) is 50.4 Å². The summed E-state index contributed by atoms with van der Waals surface area (Å²) in [4.78, 5) is 15.2. The molecule has 1 saturated heterocycles. The van der Waals surface area contributed by atoms with E-state index in [4.69, 9.17) is 0 Å². The highest BCUT2D eigenvalue weighted by atomic mass is 16.2. The molecule has 0 spiro atoms. The minimum atomic E-state index is -0.112. The summed E-state index contributed by atoms with van der Waals surface area (Å²) in [5, 5.41) is 6.40. The van der Waals surface area contributed by atoms with Crippen LogP contribution >= 0.6 is 0 Å². The number of hydrogen-bond acceptors (Lipinski definition) is 3. The Hall–Kier alpha value is -2.17. The van der Waals surface area contributed by atoms with E-state index in [0.29, 0.717) is 0 Å². The van der Waals surface area contributed by atoms with Crippen molar-refractivity contribution in [1.29, 1.82) is 0 Å². The van der Waals surface area contributed by atoms with Crippen LogP contribution in [0.5, 0.6) is 0 Å². The van der Waals surface area contributed by atoms with Crippen LogP contribution in [0, 0.1) is 5.92 Å². The molecule has 2 aromatic rings. The number of benzene rings is 2. The van der Waals surface area contributed by atoms with Gasteiger partial charge in [0.2, 0.25) is 5.91 Å². The third kappa shape index (κ3) is 5.18. The Morgan fingerprint density at radius 3 is 2.44 bits per heavy atom. The Morgan fingerprint density at radius 1 is 1.07 bits per heavy atom. The summed E-state index contributed by atoms with van der Waals surface area (Å²) in [5.41, 5.74) is 3.06. The van der Waals surface area contributed by atoms with Crippen molar-refractivity contribution in [3.63, 3.8) is 0 Å². The monoisotopic (exact) mass is 365 g/mol. The van der Waals surface area contributed by atoms with Gasteiger partial charge in [-0.1, -0.05) is 48.5 Å². The molecule has 1 atom stereocenters. The van der Waals surface area contributed by atoms with Crippen molar-refractivity contribution in [1.82, 2.24) is 10.2 Å². The van der Waals surface area contributed by atoms with Gasteiger partial charge in [-0.05, 0) is 70.4 Å². The highest BCUT2D eigenvalue weighted by Gasteiger charge is 2.26. The van der Waals surface area contributed by atoms with E-state index in [1.165, 1.54) is 19.3 Å². The molecule has 0 aliphatic carbocycles. The number of anilines is 1. The normalized spacial score (nSPS) is 16.8. The molecule has 1 amide bonds. The van der Waals surface area contributed by atoms with Crippen LogP contribution in [-0.2, 0) is 4.79 Å². The molecule has 4 nitrogen and oxygen atoms in total. The zero-order valence-corrected chi connectivity index (χ0v) is 16.4. The van der Waals surface area contributed by atoms with Crippen LogP contribution in [0.1, 0.15) is 26.2 Å². The summed E-state index contributed by atoms with van der Waals surface area (Å²) >= 11 is 0. The molecule has 27 heavy (non-hydrogen) atoms. The van der Waals surface area contributed by atoms with Crippen molar-refractivity contribution >= 4 is 11.6 Å². The van der Waals surface area contributed by atoms with E-state index in [0.717, 1.165) is 42.4 Å². The van der Waals surface area contributed by atoms with Gasteiger partial charge in [0, 0.05) is 11.3 Å². The summed E-state index contributed by atoms with van der Waals surface area (Å²) in [6, 6.07) is 18.1. The smallest absolute Gasteiger partial charge is 0.241 e. The summed E-state index contributed by atoms with van der Waals surface area (Å²) in [5.74, 6) is 0.856. The first-order valence-corrected chi connectivity index (χ1v) is 10.0. The first-order chi connectivity index (χ1) is 13.2. The van der Waals surface area contributed by atoms with Gasteiger partial charge in [0.25, 0.3) is 0 Å². The Morgan fingerprint density at radius 2 is 1.74 bits per heavy atom. The lowest BCUT2D eigenvalue weighted by Crippen LogP contribution is -2.46. The van der Waals surface area contributed by atoms with E-state index < -0.39 is 0 Å². The summed E-state index contributed by atoms with van der Waals surface area (Å²) in [6.45, 7) is 5.11. The highest BCUT2D eigenvalue weighted by Crippen LogP contribution is 2.28. The molecule has 2 N–H and O–H groups in total. The van der Waals surface area contributed by atoms with Gasteiger partial charge < -0.3 is 10.6 Å². The molecule has 0 aromatic heterocycles. The van der Waals surface area contributed by atoms with Crippen molar-refractivity contribution in [2.45, 2.75) is 32.2 Å². The predicted octanol–water partition coefficient (Wildman–Crippen LogP) is 4.00. The maximum Gasteiger partial charge on any atom is 0.241 e. The van der Waals surface area contributed by atoms with Gasteiger partial charge in [0.1, 0.15) is 0 Å². The molecule has 4 heteroatoms. The molecule has 1 unspecified atom stereocenters. The van der Waals surface area contributed by atoms with Crippen molar-refractivity contribution < 1.29 is 4.79 Å². The van der Waals surface area contributed by atoms with Crippen LogP contribution in [0.15, 0.2) is 54.6 Å². The molecule has 2 aromatic carbocycles. The number of nitrogens with zero attached hydrogens (tertiary/aromatic N) is 1. The largest absolute Gasteiger partial charge is 0.324 e. The van der Waals surface area contributed by atoms with Crippen molar-refractivity contribution in [3.8, 4) is 11.1 Å². The average Bonchev–Trinajstić information content (AvgIpc) is 2.73. The number of nitrogens with one attached hydrogen (secondary N) is 2. The average molecular weight is 366 g/mol. The van der Waals surface area contributed by atoms with Crippen molar-refractivity contribution in [3.05, 3.63) is 54.6 Å². The van der Waals surface area contributed by atoms with Gasteiger partial charge >= 0.3 is 0 Å². The third-order valence-electron chi connectivity index (χ3n) is 5.65. The van der Waals surface area contributed by atoms with E-state index >= 15 is 0 Å². The number of carbonyl (C=O) groups excluding carboxylic acids is 1. The van der Waals surface area contributed by atoms with E-state index in [2.05, 4.69) is 33.7 Å². The van der Waals surface area contributed by atoms with Crippen LogP contribution in [0.2, 0.25) is 0 Å². The molecule has 0 bridgehead atoms. The Bertz CT molecular complexity index is 723. The molecule has 1 heterocycles. The van der Waals surface area contributed by atoms with Gasteiger partial charge in [0.15, 0.2) is 0 Å². The van der Waals surface area contributed by atoms with Gasteiger partial charge in [-0.2, -0.15) is 0 Å². The van der Waals surface area contributed by atoms with Crippen molar-refractivity contribution in [2.75, 3.05) is 32.0 Å². The Kier molecular flexibility index (Phi) is 7.02. The molecule has 1 fully saturated rings. The fourth-order valence-corrected chi connectivity index (χ4v) is 3.84. The fourth-order valence-electron chi connectivity index (χ4n) is 3.84.